The second-order valence-electron chi connectivity index (χ2n) is 11.9. The van der Waals surface area contributed by atoms with Gasteiger partial charge in [-0.15, -0.1) is 0 Å². The van der Waals surface area contributed by atoms with Crippen LogP contribution >= 0.6 is 0 Å². The Morgan fingerprint density at radius 2 is 1.00 bits per heavy atom. The molecule has 0 amide bonds. The Morgan fingerprint density at radius 1 is 0.629 bits per heavy atom. The number of allylic oxidation sites excluding steroid dienone is 4. The van der Waals surface area contributed by atoms with Gasteiger partial charge >= 0.3 is 0 Å². The lowest BCUT2D eigenvalue weighted by Gasteiger charge is -2.44. The van der Waals surface area contributed by atoms with E-state index in [1.54, 1.807) is 0 Å². The monoisotopic (exact) mass is 472 g/mol. The molecule has 2 aliphatic carbocycles. The zero-order chi connectivity index (χ0) is 25.7. The maximum Gasteiger partial charge on any atom is 0.121 e. The maximum atomic E-state index is 10.3. The van der Waals surface area contributed by atoms with Crippen LogP contribution in [0.5, 0.6) is 11.5 Å². The zero-order valence-corrected chi connectivity index (χ0v) is 23.1. The molecule has 0 heterocycles. The van der Waals surface area contributed by atoms with E-state index in [1.807, 2.05) is 27.7 Å². The van der Waals surface area contributed by atoms with Gasteiger partial charge in [-0.2, -0.15) is 0 Å². The summed E-state index contributed by atoms with van der Waals surface area (Å²) < 4.78 is 0. The van der Waals surface area contributed by atoms with Crippen LogP contribution in [-0.2, 0) is 0 Å². The van der Waals surface area contributed by atoms with E-state index in [-0.39, 0.29) is 0 Å². The summed E-state index contributed by atoms with van der Waals surface area (Å²) >= 11 is 0. The molecule has 2 N–H and O–H groups in total. The molecule has 2 unspecified atom stereocenters. The molecule has 0 aliphatic heterocycles. The van der Waals surface area contributed by atoms with Crippen LogP contribution in [0.25, 0.3) is 11.1 Å². The van der Waals surface area contributed by atoms with Gasteiger partial charge in [-0.3, -0.25) is 0 Å². The van der Waals surface area contributed by atoms with Crippen molar-refractivity contribution in [2.45, 2.75) is 93.9 Å². The molecule has 4 rings (SSSR count). The molecule has 0 spiro atoms. The van der Waals surface area contributed by atoms with Crippen LogP contribution in [0.3, 0.4) is 0 Å². The Morgan fingerprint density at radius 3 is 1.31 bits per heavy atom. The molecular formula is C33H44O2. The van der Waals surface area contributed by atoms with Crippen molar-refractivity contribution in [2.24, 2.45) is 17.3 Å². The average molecular weight is 473 g/mol. The number of hydrogen-bond acceptors (Lipinski definition) is 2. The van der Waals surface area contributed by atoms with Gasteiger partial charge in [-0.25, -0.2) is 0 Å². The van der Waals surface area contributed by atoms with Gasteiger partial charge in [0.05, 0.1) is 0 Å². The van der Waals surface area contributed by atoms with Crippen LogP contribution in [0, 0.1) is 58.8 Å². The summed E-state index contributed by atoms with van der Waals surface area (Å²) in [7, 11) is 0. The van der Waals surface area contributed by atoms with E-state index in [4.69, 9.17) is 0 Å². The van der Waals surface area contributed by atoms with Gasteiger partial charge in [0.15, 0.2) is 0 Å². The van der Waals surface area contributed by atoms with Gasteiger partial charge in [0, 0.05) is 0 Å². The fourth-order valence-corrected chi connectivity index (χ4v) is 6.65. The summed E-state index contributed by atoms with van der Waals surface area (Å²) in [5, 5.41) is 20.6. The quantitative estimate of drug-likeness (QED) is 0.466. The van der Waals surface area contributed by atoms with Gasteiger partial charge in [-0.05, 0) is 165 Å². The number of aromatic hydroxyl groups is 2. The first-order valence-electron chi connectivity index (χ1n) is 13.4. The Bertz CT molecular complexity index is 1120. The molecule has 0 bridgehead atoms. The Balaban J connectivity index is 1.50. The van der Waals surface area contributed by atoms with E-state index >= 15 is 0 Å². The van der Waals surface area contributed by atoms with E-state index < -0.39 is 0 Å². The number of rotatable bonds is 4. The summed E-state index contributed by atoms with van der Waals surface area (Å²) in [5.41, 5.74) is 12.3. The minimum Gasteiger partial charge on any atom is -0.507 e. The standard InChI is InChI=1S/C33H44O2/c1-19-17-29(21(3)23(5)31(19)34)25-9-13-27(14-10-25)33(7,8)28-15-11-26(12-16-28)30-18-20(2)32(35)24(6)22(30)4/h9,11,17-18,27-28,34-35H,10,12-16H2,1-8H3. The van der Waals surface area contributed by atoms with E-state index in [0.29, 0.717) is 28.7 Å². The Labute approximate surface area is 212 Å². The molecule has 35 heavy (non-hydrogen) atoms. The summed E-state index contributed by atoms with van der Waals surface area (Å²) in [6, 6.07) is 4.36. The van der Waals surface area contributed by atoms with Crippen LogP contribution in [0.15, 0.2) is 24.3 Å². The lowest BCUT2D eigenvalue weighted by molar-refractivity contribution is 0.0991. The Kier molecular flexibility index (Phi) is 6.97. The molecule has 0 aromatic heterocycles. The van der Waals surface area contributed by atoms with E-state index in [9.17, 15) is 10.2 Å². The molecule has 0 fully saturated rings. The van der Waals surface area contributed by atoms with E-state index in [2.05, 4.69) is 52.0 Å². The van der Waals surface area contributed by atoms with Crippen LogP contribution in [0.1, 0.15) is 96.9 Å². The molecule has 0 radical (unpaired) electrons. The molecule has 188 valence electrons. The number of phenols is 2. The number of aryl methyl sites for hydroxylation is 2. The van der Waals surface area contributed by atoms with Crippen LogP contribution < -0.4 is 0 Å². The summed E-state index contributed by atoms with van der Waals surface area (Å²) in [5.74, 6) is 2.29. The zero-order valence-electron chi connectivity index (χ0n) is 23.1. The smallest absolute Gasteiger partial charge is 0.121 e. The molecule has 0 saturated carbocycles. The van der Waals surface area contributed by atoms with Crippen LogP contribution in [0.2, 0.25) is 0 Å². The second kappa shape index (κ2) is 9.52. The van der Waals surface area contributed by atoms with Crippen molar-refractivity contribution < 1.29 is 10.2 Å². The van der Waals surface area contributed by atoms with Crippen molar-refractivity contribution in [1.82, 2.24) is 0 Å². The van der Waals surface area contributed by atoms with Crippen molar-refractivity contribution in [2.75, 3.05) is 0 Å². The number of hydrogen-bond donors (Lipinski definition) is 2. The first kappa shape index (κ1) is 25.6. The third-order valence-electron chi connectivity index (χ3n) is 9.73. The largest absolute Gasteiger partial charge is 0.507 e. The fraction of sp³-hybridized carbons (Fsp3) is 0.515. The van der Waals surface area contributed by atoms with Crippen molar-refractivity contribution in [1.29, 1.82) is 0 Å². The van der Waals surface area contributed by atoms with Gasteiger partial charge in [0.1, 0.15) is 11.5 Å². The maximum absolute atomic E-state index is 10.3. The number of benzene rings is 2. The van der Waals surface area contributed by atoms with Gasteiger partial charge < -0.3 is 10.2 Å². The van der Waals surface area contributed by atoms with Crippen LogP contribution in [-0.4, -0.2) is 10.2 Å². The molecular weight excluding hydrogens is 428 g/mol. The lowest BCUT2D eigenvalue weighted by atomic mass is 9.61. The van der Waals surface area contributed by atoms with E-state index in [0.717, 1.165) is 47.9 Å². The molecule has 2 heteroatoms. The predicted molar refractivity (Wildman–Crippen MR) is 149 cm³/mol. The summed E-state index contributed by atoms with van der Waals surface area (Å²) in [4.78, 5) is 0. The molecule has 0 saturated heterocycles. The minimum atomic E-state index is 0.301. The fourth-order valence-electron chi connectivity index (χ4n) is 6.65. The molecule has 2 aromatic carbocycles. The molecule has 2 nitrogen and oxygen atoms in total. The predicted octanol–water partition coefficient (Wildman–Crippen LogP) is 9.04. The topological polar surface area (TPSA) is 40.5 Å². The highest BCUT2D eigenvalue weighted by molar-refractivity contribution is 5.73. The van der Waals surface area contributed by atoms with Crippen molar-refractivity contribution in [3.8, 4) is 11.5 Å². The first-order chi connectivity index (χ1) is 16.4. The van der Waals surface area contributed by atoms with E-state index in [1.165, 1.54) is 46.2 Å². The molecule has 2 aliphatic rings. The third-order valence-corrected chi connectivity index (χ3v) is 9.73. The number of phenolic OH excluding ortho intramolecular Hbond substituents is 2. The van der Waals surface area contributed by atoms with Crippen molar-refractivity contribution in [3.63, 3.8) is 0 Å². The molecule has 2 aromatic rings. The van der Waals surface area contributed by atoms with Gasteiger partial charge in [0.2, 0.25) is 0 Å². The normalized spacial score (nSPS) is 21.0. The van der Waals surface area contributed by atoms with Crippen molar-refractivity contribution >= 4 is 11.1 Å². The summed E-state index contributed by atoms with van der Waals surface area (Å²) in [6.45, 7) is 17.4. The van der Waals surface area contributed by atoms with Crippen LogP contribution in [0.4, 0.5) is 0 Å². The SMILES string of the molecule is Cc1cc(C2=CCC(C(C)(C)C3CC=C(c4cc(C)c(O)c(C)c4C)CC3)CC2)c(C)c(C)c1O. The van der Waals surface area contributed by atoms with Gasteiger partial charge in [0.25, 0.3) is 0 Å². The summed E-state index contributed by atoms with van der Waals surface area (Å²) in [6.07, 6.45) is 12.0. The third kappa shape index (κ3) is 4.57. The molecule has 2 atom stereocenters. The van der Waals surface area contributed by atoms with Gasteiger partial charge in [-0.1, -0.05) is 26.0 Å². The van der Waals surface area contributed by atoms with Crippen molar-refractivity contribution in [3.05, 3.63) is 68.8 Å². The second-order valence-corrected chi connectivity index (χ2v) is 11.9. The Hall–Kier alpha value is -2.48. The first-order valence-corrected chi connectivity index (χ1v) is 13.4. The highest BCUT2D eigenvalue weighted by Crippen LogP contribution is 2.50. The minimum absolute atomic E-state index is 0.301. The average Bonchev–Trinajstić information content (AvgIpc) is 2.86. The lowest BCUT2D eigenvalue weighted by Crippen LogP contribution is -2.34. The highest BCUT2D eigenvalue weighted by Gasteiger charge is 2.38. The highest BCUT2D eigenvalue weighted by atomic mass is 16.3.